The van der Waals surface area contributed by atoms with Crippen LogP contribution in [0.3, 0.4) is 0 Å². The summed E-state index contributed by atoms with van der Waals surface area (Å²) in [6.45, 7) is 0. The number of hydrogen-bond donors (Lipinski definition) is 0. The van der Waals surface area contributed by atoms with E-state index in [0.717, 1.165) is 0 Å². The fraction of sp³-hybridized carbons (Fsp3) is 0. The zero-order valence-corrected chi connectivity index (χ0v) is 8.81. The summed E-state index contributed by atoms with van der Waals surface area (Å²) in [5, 5.41) is 12.6. The van der Waals surface area contributed by atoms with Crippen LogP contribution in [0, 0.1) is 10.1 Å². The molecule has 1 aromatic heterocycles. The summed E-state index contributed by atoms with van der Waals surface area (Å²) in [6.07, 6.45) is 0.658. The monoisotopic (exact) mass is 234 g/mol. The third-order valence-electron chi connectivity index (χ3n) is 1.98. The molecule has 0 N–H and O–H groups in total. The molecule has 2 rings (SSSR count). The Morgan fingerprint density at radius 3 is 2.88 bits per heavy atom. The molecule has 0 fully saturated rings. The molecule has 6 heteroatoms. The minimum absolute atomic E-state index is 0.0122. The third-order valence-corrected chi connectivity index (χ3v) is 2.75. The second kappa shape index (κ2) is 4.19. The molecule has 16 heavy (non-hydrogen) atoms. The summed E-state index contributed by atoms with van der Waals surface area (Å²) in [7, 11) is 0. The highest BCUT2D eigenvalue weighted by atomic mass is 32.1. The highest BCUT2D eigenvalue weighted by Crippen LogP contribution is 2.24. The maximum absolute atomic E-state index is 10.6. The van der Waals surface area contributed by atoms with Gasteiger partial charge in [-0.05, 0) is 0 Å². The summed E-state index contributed by atoms with van der Waals surface area (Å²) >= 11 is 1.21. The lowest BCUT2D eigenvalue weighted by molar-refractivity contribution is -0.384. The minimum atomic E-state index is -0.462. The van der Waals surface area contributed by atoms with Crippen LogP contribution >= 0.6 is 11.3 Å². The van der Waals surface area contributed by atoms with Crippen LogP contribution in [0.25, 0.3) is 11.3 Å². The summed E-state index contributed by atoms with van der Waals surface area (Å²) in [5.41, 5.74) is 1.23. The van der Waals surface area contributed by atoms with Crippen molar-refractivity contribution in [3.63, 3.8) is 0 Å². The Kier molecular flexibility index (Phi) is 2.74. The van der Waals surface area contributed by atoms with Crippen molar-refractivity contribution in [2.75, 3.05) is 0 Å². The quantitative estimate of drug-likeness (QED) is 0.464. The van der Waals surface area contributed by atoms with Crippen LogP contribution in [-0.2, 0) is 0 Å². The predicted molar refractivity (Wildman–Crippen MR) is 59.6 cm³/mol. The van der Waals surface area contributed by atoms with Crippen LogP contribution in [0.4, 0.5) is 5.69 Å². The van der Waals surface area contributed by atoms with Crippen molar-refractivity contribution in [3.05, 3.63) is 44.8 Å². The first-order valence-corrected chi connectivity index (χ1v) is 5.24. The lowest BCUT2D eigenvalue weighted by Gasteiger charge is -1.95. The molecule has 0 bridgehead atoms. The fourth-order valence-corrected chi connectivity index (χ4v) is 1.88. The van der Waals surface area contributed by atoms with Crippen molar-refractivity contribution < 1.29 is 9.72 Å². The molecule has 0 aliphatic heterocycles. The maximum atomic E-state index is 10.6. The molecular formula is C10H6N2O3S. The van der Waals surface area contributed by atoms with Gasteiger partial charge in [-0.15, -0.1) is 11.3 Å². The number of aromatic nitrogens is 1. The molecule has 0 amide bonds. The average Bonchev–Trinajstić information content (AvgIpc) is 2.77. The summed E-state index contributed by atoms with van der Waals surface area (Å²) in [6, 6.07) is 6.16. The Morgan fingerprint density at radius 1 is 1.44 bits per heavy atom. The van der Waals surface area contributed by atoms with Gasteiger partial charge in [-0.25, -0.2) is 4.98 Å². The number of carbonyl (C=O) groups is 1. The molecule has 0 unspecified atom stereocenters. The number of carbonyl (C=O) groups excluding carboxylic acids is 1. The van der Waals surface area contributed by atoms with E-state index in [-0.39, 0.29) is 5.69 Å². The molecule has 5 nitrogen and oxygen atoms in total. The van der Waals surface area contributed by atoms with Gasteiger partial charge in [0, 0.05) is 23.1 Å². The third kappa shape index (κ3) is 1.96. The number of non-ortho nitro benzene ring substituents is 1. The van der Waals surface area contributed by atoms with Gasteiger partial charge in [-0.1, -0.05) is 12.1 Å². The number of nitro groups is 1. The number of nitrogens with zero attached hydrogens (tertiary/aromatic N) is 2. The van der Waals surface area contributed by atoms with Gasteiger partial charge in [0.2, 0.25) is 0 Å². The molecule has 0 aliphatic carbocycles. The molecule has 0 saturated carbocycles. The smallest absolute Gasteiger partial charge is 0.270 e. The highest BCUT2D eigenvalue weighted by Gasteiger charge is 2.09. The van der Waals surface area contributed by atoms with Crippen molar-refractivity contribution >= 4 is 23.3 Å². The van der Waals surface area contributed by atoms with Crippen molar-refractivity contribution in [1.29, 1.82) is 0 Å². The molecule has 0 spiro atoms. The SMILES string of the molecule is O=Cc1nc(-c2cccc([N+](=O)[O-])c2)cs1. The first kappa shape index (κ1) is 10.4. The van der Waals surface area contributed by atoms with Crippen LogP contribution in [-0.4, -0.2) is 16.2 Å². The Bertz CT molecular complexity index is 551. The first-order valence-electron chi connectivity index (χ1n) is 4.36. The van der Waals surface area contributed by atoms with E-state index in [0.29, 0.717) is 22.6 Å². The van der Waals surface area contributed by atoms with Gasteiger partial charge >= 0.3 is 0 Å². The topological polar surface area (TPSA) is 73.1 Å². The Labute approximate surface area is 94.5 Å². The number of benzene rings is 1. The van der Waals surface area contributed by atoms with Crippen molar-refractivity contribution in [2.45, 2.75) is 0 Å². The predicted octanol–water partition coefficient (Wildman–Crippen LogP) is 2.53. The van der Waals surface area contributed by atoms with Crippen LogP contribution in [0.2, 0.25) is 0 Å². The minimum Gasteiger partial charge on any atom is -0.295 e. The van der Waals surface area contributed by atoms with E-state index in [9.17, 15) is 14.9 Å². The molecule has 0 atom stereocenters. The van der Waals surface area contributed by atoms with E-state index in [1.807, 2.05) is 0 Å². The van der Waals surface area contributed by atoms with Crippen molar-refractivity contribution in [3.8, 4) is 11.3 Å². The first-order chi connectivity index (χ1) is 7.70. The van der Waals surface area contributed by atoms with Gasteiger partial charge in [-0.2, -0.15) is 0 Å². The number of hydrogen-bond acceptors (Lipinski definition) is 5. The van der Waals surface area contributed by atoms with Crippen LogP contribution in [0.1, 0.15) is 9.80 Å². The van der Waals surface area contributed by atoms with Gasteiger partial charge in [0.1, 0.15) is 0 Å². The summed E-state index contributed by atoms with van der Waals surface area (Å²) in [5.74, 6) is 0. The van der Waals surface area contributed by atoms with Crippen molar-refractivity contribution in [1.82, 2.24) is 4.98 Å². The van der Waals surface area contributed by atoms with E-state index in [4.69, 9.17) is 0 Å². The van der Waals surface area contributed by atoms with E-state index >= 15 is 0 Å². The molecule has 1 heterocycles. The normalized spacial score (nSPS) is 10.0. The molecule has 0 radical (unpaired) electrons. The van der Waals surface area contributed by atoms with Gasteiger partial charge in [-0.3, -0.25) is 14.9 Å². The summed E-state index contributed by atoms with van der Waals surface area (Å²) in [4.78, 5) is 24.6. The maximum Gasteiger partial charge on any atom is 0.270 e. The van der Waals surface area contributed by atoms with E-state index in [1.54, 1.807) is 17.5 Å². The van der Waals surface area contributed by atoms with Gasteiger partial charge in [0.15, 0.2) is 11.3 Å². The standard InChI is InChI=1S/C10H6N2O3S/c13-5-10-11-9(6-16-10)7-2-1-3-8(4-7)12(14)15/h1-6H. The van der Waals surface area contributed by atoms with Crippen LogP contribution in [0.5, 0.6) is 0 Å². The second-order valence-corrected chi connectivity index (χ2v) is 3.89. The van der Waals surface area contributed by atoms with E-state index in [2.05, 4.69) is 4.98 Å². The number of thiazole rings is 1. The molecule has 2 aromatic rings. The molecule has 1 aromatic carbocycles. The number of nitro benzene ring substituents is 1. The lowest BCUT2D eigenvalue weighted by atomic mass is 10.1. The van der Waals surface area contributed by atoms with Crippen molar-refractivity contribution in [2.24, 2.45) is 0 Å². The molecule has 0 aliphatic rings. The largest absolute Gasteiger partial charge is 0.295 e. The Morgan fingerprint density at radius 2 is 2.25 bits per heavy atom. The van der Waals surface area contributed by atoms with Crippen LogP contribution in [0.15, 0.2) is 29.6 Å². The van der Waals surface area contributed by atoms with Gasteiger partial charge in [0.05, 0.1) is 10.6 Å². The summed E-state index contributed by atoms with van der Waals surface area (Å²) < 4.78 is 0. The number of rotatable bonds is 3. The average molecular weight is 234 g/mol. The fourth-order valence-electron chi connectivity index (χ4n) is 1.25. The zero-order chi connectivity index (χ0) is 11.5. The molecular weight excluding hydrogens is 228 g/mol. The molecule has 80 valence electrons. The second-order valence-electron chi connectivity index (χ2n) is 3.00. The Hall–Kier alpha value is -2.08. The zero-order valence-electron chi connectivity index (χ0n) is 7.99. The lowest BCUT2D eigenvalue weighted by Crippen LogP contribution is -1.88. The van der Waals surface area contributed by atoms with E-state index in [1.165, 1.54) is 23.5 Å². The Balaban J connectivity index is 2.43. The number of aldehydes is 1. The van der Waals surface area contributed by atoms with Gasteiger partial charge < -0.3 is 0 Å². The van der Waals surface area contributed by atoms with Gasteiger partial charge in [0.25, 0.3) is 5.69 Å². The molecule has 0 saturated heterocycles. The van der Waals surface area contributed by atoms with Crippen LogP contribution < -0.4 is 0 Å². The van der Waals surface area contributed by atoms with E-state index < -0.39 is 4.92 Å². The highest BCUT2D eigenvalue weighted by molar-refractivity contribution is 7.11.